The van der Waals surface area contributed by atoms with Gasteiger partial charge in [0.15, 0.2) is 5.69 Å². The number of carbonyl (C=O) groups excluding carboxylic acids is 1. The summed E-state index contributed by atoms with van der Waals surface area (Å²) < 4.78 is 14.9. The Morgan fingerprint density at radius 2 is 1.64 bits per heavy atom. The lowest BCUT2D eigenvalue weighted by Gasteiger charge is -2.11. The Kier molecular flexibility index (Phi) is 4.63. The van der Waals surface area contributed by atoms with Gasteiger partial charge in [-0.2, -0.15) is 9.78 Å². The van der Waals surface area contributed by atoms with E-state index in [1.807, 2.05) is 6.07 Å². The van der Waals surface area contributed by atoms with Gasteiger partial charge < -0.3 is 5.32 Å². The quantitative estimate of drug-likeness (QED) is 0.560. The van der Waals surface area contributed by atoms with Crippen molar-refractivity contribution in [2.45, 2.75) is 0 Å². The Labute approximate surface area is 164 Å². The van der Waals surface area contributed by atoms with Gasteiger partial charge >= 0.3 is 0 Å². The molecular formula is C21H13ClFN3O2. The Bertz CT molecular complexity index is 1260. The number of para-hydroxylation sites is 1. The molecule has 4 aromatic rings. The minimum absolute atomic E-state index is 0.0424. The third-order valence-electron chi connectivity index (χ3n) is 4.20. The minimum atomic E-state index is -0.647. The van der Waals surface area contributed by atoms with Crippen LogP contribution in [0.15, 0.2) is 77.6 Å². The molecule has 5 nitrogen and oxygen atoms in total. The lowest BCUT2D eigenvalue weighted by molar-refractivity contribution is 0.102. The maximum Gasteiger partial charge on any atom is 0.279 e. The van der Waals surface area contributed by atoms with Crippen molar-refractivity contribution in [3.8, 4) is 5.69 Å². The third-order valence-corrected chi connectivity index (χ3v) is 4.50. The highest BCUT2D eigenvalue weighted by molar-refractivity contribution is 6.30. The van der Waals surface area contributed by atoms with Crippen molar-refractivity contribution in [2.75, 3.05) is 5.32 Å². The van der Waals surface area contributed by atoms with Crippen molar-refractivity contribution in [1.82, 2.24) is 9.78 Å². The number of benzene rings is 3. The number of rotatable bonds is 3. The molecule has 0 saturated heterocycles. The van der Waals surface area contributed by atoms with Crippen molar-refractivity contribution in [3.63, 3.8) is 0 Å². The van der Waals surface area contributed by atoms with Crippen LogP contribution in [0.1, 0.15) is 10.5 Å². The summed E-state index contributed by atoms with van der Waals surface area (Å²) in [5.74, 6) is -1.21. The molecule has 7 heteroatoms. The fourth-order valence-corrected chi connectivity index (χ4v) is 2.98. The van der Waals surface area contributed by atoms with Crippen LogP contribution in [-0.4, -0.2) is 15.7 Å². The van der Waals surface area contributed by atoms with E-state index >= 15 is 0 Å². The van der Waals surface area contributed by atoms with Crippen molar-refractivity contribution in [2.24, 2.45) is 0 Å². The van der Waals surface area contributed by atoms with Crippen LogP contribution in [0.4, 0.5) is 10.1 Å². The molecule has 1 aromatic heterocycles. The molecule has 0 aliphatic carbocycles. The van der Waals surface area contributed by atoms with E-state index in [0.717, 1.165) is 6.07 Å². The first-order chi connectivity index (χ1) is 13.5. The summed E-state index contributed by atoms with van der Waals surface area (Å²) in [6.07, 6.45) is 0. The maximum absolute atomic E-state index is 13.7. The second-order valence-electron chi connectivity index (χ2n) is 6.03. The van der Waals surface area contributed by atoms with E-state index in [2.05, 4.69) is 10.4 Å². The van der Waals surface area contributed by atoms with Crippen LogP contribution in [0, 0.1) is 5.82 Å². The number of nitrogens with one attached hydrogen (secondary N) is 1. The lowest BCUT2D eigenvalue weighted by atomic mass is 10.1. The van der Waals surface area contributed by atoms with Crippen molar-refractivity contribution in [1.29, 1.82) is 0 Å². The SMILES string of the molecule is O=C(Nc1ccc(Cl)c(F)c1)c1nn(-c2ccccc2)c(=O)c2ccccc12. The third kappa shape index (κ3) is 3.25. The molecule has 0 fully saturated rings. The first-order valence-corrected chi connectivity index (χ1v) is 8.76. The van der Waals surface area contributed by atoms with Gasteiger partial charge in [0, 0.05) is 11.1 Å². The second-order valence-corrected chi connectivity index (χ2v) is 6.44. The minimum Gasteiger partial charge on any atom is -0.320 e. The van der Waals surface area contributed by atoms with E-state index in [-0.39, 0.29) is 22.0 Å². The summed E-state index contributed by atoms with van der Waals surface area (Å²) in [5.41, 5.74) is 0.477. The topological polar surface area (TPSA) is 64.0 Å². The maximum atomic E-state index is 13.7. The zero-order chi connectivity index (χ0) is 19.7. The highest BCUT2D eigenvalue weighted by Gasteiger charge is 2.18. The fraction of sp³-hybridized carbons (Fsp3) is 0. The fourth-order valence-electron chi connectivity index (χ4n) is 2.87. The molecule has 0 aliphatic rings. The van der Waals surface area contributed by atoms with Crippen LogP contribution in [0.5, 0.6) is 0 Å². The monoisotopic (exact) mass is 393 g/mol. The number of hydrogen-bond donors (Lipinski definition) is 1. The number of carbonyl (C=O) groups is 1. The molecule has 4 rings (SSSR count). The van der Waals surface area contributed by atoms with Gasteiger partial charge in [0.05, 0.1) is 16.1 Å². The predicted octanol–water partition coefficient (Wildman–Crippen LogP) is 4.43. The van der Waals surface area contributed by atoms with Crippen LogP contribution in [0.3, 0.4) is 0 Å². The van der Waals surface area contributed by atoms with Gasteiger partial charge in [-0.25, -0.2) is 4.39 Å². The zero-order valence-corrected chi connectivity index (χ0v) is 15.2. The summed E-state index contributed by atoms with van der Waals surface area (Å²) >= 11 is 5.68. The normalized spacial score (nSPS) is 10.8. The smallest absolute Gasteiger partial charge is 0.279 e. The largest absolute Gasteiger partial charge is 0.320 e. The lowest BCUT2D eigenvalue weighted by Crippen LogP contribution is -2.26. The molecule has 0 unspecified atom stereocenters. The Morgan fingerprint density at radius 1 is 0.964 bits per heavy atom. The number of halogens is 2. The van der Waals surface area contributed by atoms with Crippen molar-refractivity contribution in [3.05, 3.63) is 99.7 Å². The molecule has 1 amide bonds. The van der Waals surface area contributed by atoms with E-state index in [9.17, 15) is 14.0 Å². The number of aromatic nitrogens is 2. The Hall–Kier alpha value is -3.51. The molecule has 0 aliphatic heterocycles. The number of hydrogen-bond acceptors (Lipinski definition) is 3. The van der Waals surface area contributed by atoms with Gasteiger partial charge in [-0.1, -0.05) is 48.0 Å². The van der Waals surface area contributed by atoms with E-state index in [0.29, 0.717) is 16.5 Å². The van der Waals surface area contributed by atoms with Crippen LogP contribution in [-0.2, 0) is 0 Å². The highest BCUT2D eigenvalue weighted by Crippen LogP contribution is 2.21. The van der Waals surface area contributed by atoms with Gasteiger partial charge in [-0.3, -0.25) is 9.59 Å². The standard InChI is InChI=1S/C21H13ClFN3O2/c22-17-11-10-13(12-18(17)23)24-20(27)19-15-8-4-5-9-16(15)21(28)26(25-19)14-6-2-1-3-7-14/h1-12H,(H,24,27). The molecule has 28 heavy (non-hydrogen) atoms. The molecule has 3 aromatic carbocycles. The second kappa shape index (κ2) is 7.25. The van der Waals surface area contributed by atoms with Crippen LogP contribution >= 0.6 is 11.6 Å². The number of amides is 1. The van der Waals surface area contributed by atoms with Crippen LogP contribution < -0.4 is 10.9 Å². The summed E-state index contributed by atoms with van der Waals surface area (Å²) in [6.45, 7) is 0. The first kappa shape index (κ1) is 17.9. The van der Waals surface area contributed by atoms with E-state index in [4.69, 9.17) is 11.6 Å². The summed E-state index contributed by atoms with van der Waals surface area (Å²) in [6, 6.07) is 19.5. The predicted molar refractivity (Wildman–Crippen MR) is 107 cm³/mol. The van der Waals surface area contributed by atoms with Gasteiger partial charge in [0.2, 0.25) is 0 Å². The van der Waals surface area contributed by atoms with Crippen LogP contribution in [0.2, 0.25) is 5.02 Å². The number of fused-ring (bicyclic) bond motifs is 1. The van der Waals surface area contributed by atoms with E-state index in [1.54, 1.807) is 48.5 Å². The molecule has 0 saturated carbocycles. The molecular weight excluding hydrogens is 381 g/mol. The Balaban J connectivity index is 1.86. The van der Waals surface area contributed by atoms with Gasteiger partial charge in [0.25, 0.3) is 11.5 Å². The summed E-state index contributed by atoms with van der Waals surface area (Å²) in [7, 11) is 0. The van der Waals surface area contributed by atoms with E-state index < -0.39 is 11.7 Å². The highest BCUT2D eigenvalue weighted by atomic mass is 35.5. The van der Waals surface area contributed by atoms with Crippen molar-refractivity contribution >= 4 is 34.0 Å². The van der Waals surface area contributed by atoms with Gasteiger partial charge in [-0.05, 0) is 36.4 Å². The molecule has 1 heterocycles. The van der Waals surface area contributed by atoms with Gasteiger partial charge in [-0.15, -0.1) is 0 Å². The average molecular weight is 394 g/mol. The first-order valence-electron chi connectivity index (χ1n) is 8.38. The van der Waals surface area contributed by atoms with Gasteiger partial charge in [0.1, 0.15) is 5.82 Å². The number of anilines is 1. The summed E-state index contributed by atoms with van der Waals surface area (Å²) in [4.78, 5) is 25.7. The average Bonchev–Trinajstić information content (AvgIpc) is 2.72. The van der Waals surface area contributed by atoms with Crippen molar-refractivity contribution < 1.29 is 9.18 Å². The summed E-state index contributed by atoms with van der Waals surface area (Å²) in [5, 5.41) is 7.60. The van der Waals surface area contributed by atoms with E-state index in [1.165, 1.54) is 16.8 Å². The molecule has 0 spiro atoms. The van der Waals surface area contributed by atoms with Crippen LogP contribution in [0.25, 0.3) is 16.5 Å². The molecule has 138 valence electrons. The Morgan fingerprint density at radius 3 is 2.36 bits per heavy atom. The molecule has 1 N–H and O–H groups in total. The number of nitrogens with zero attached hydrogens (tertiary/aromatic N) is 2. The molecule has 0 bridgehead atoms. The molecule has 0 atom stereocenters. The zero-order valence-electron chi connectivity index (χ0n) is 14.4. The molecule has 0 radical (unpaired) electrons.